The highest BCUT2D eigenvalue weighted by atomic mass is 32.1. The quantitative estimate of drug-likeness (QED) is 0.711. The molecule has 6 nitrogen and oxygen atoms in total. The van der Waals surface area contributed by atoms with Gasteiger partial charge in [0.2, 0.25) is 0 Å². The Kier molecular flexibility index (Phi) is 4.41. The first-order valence-electron chi connectivity index (χ1n) is 9.56. The monoisotopic (exact) mass is 395 g/mol. The molecule has 5 rings (SSSR count). The van der Waals surface area contributed by atoms with Gasteiger partial charge in [-0.1, -0.05) is 11.3 Å². The van der Waals surface area contributed by atoms with Gasteiger partial charge < -0.3 is 20.1 Å². The number of nitrogens with zero attached hydrogens (tertiary/aromatic N) is 2. The van der Waals surface area contributed by atoms with Crippen molar-refractivity contribution in [3.8, 4) is 5.75 Å². The maximum absolute atomic E-state index is 12.6. The van der Waals surface area contributed by atoms with Crippen LogP contribution in [0.5, 0.6) is 5.75 Å². The number of benzene rings is 2. The van der Waals surface area contributed by atoms with Crippen LogP contribution < -0.4 is 15.0 Å². The molecular weight excluding hydrogens is 374 g/mol. The van der Waals surface area contributed by atoms with Gasteiger partial charge in [-0.25, -0.2) is 4.98 Å². The second kappa shape index (κ2) is 7.07. The van der Waals surface area contributed by atoms with E-state index in [1.165, 1.54) is 0 Å². The van der Waals surface area contributed by atoms with E-state index in [2.05, 4.69) is 10.2 Å². The minimum atomic E-state index is -0.284. The second-order valence-corrected chi connectivity index (χ2v) is 8.31. The van der Waals surface area contributed by atoms with Crippen LogP contribution in [0.2, 0.25) is 0 Å². The van der Waals surface area contributed by atoms with E-state index in [9.17, 15) is 9.90 Å². The van der Waals surface area contributed by atoms with Gasteiger partial charge in [0.1, 0.15) is 5.75 Å². The third kappa shape index (κ3) is 3.31. The van der Waals surface area contributed by atoms with Crippen LogP contribution >= 0.6 is 11.3 Å². The number of anilines is 2. The van der Waals surface area contributed by atoms with E-state index in [-0.39, 0.29) is 12.0 Å². The van der Waals surface area contributed by atoms with Gasteiger partial charge in [-0.2, -0.15) is 0 Å². The van der Waals surface area contributed by atoms with Gasteiger partial charge >= 0.3 is 0 Å². The number of amides is 1. The van der Waals surface area contributed by atoms with Crippen LogP contribution in [0.15, 0.2) is 36.4 Å². The van der Waals surface area contributed by atoms with E-state index >= 15 is 0 Å². The van der Waals surface area contributed by atoms with Crippen molar-refractivity contribution in [2.45, 2.75) is 25.4 Å². The molecule has 1 amide bonds. The van der Waals surface area contributed by atoms with Gasteiger partial charge in [0.05, 0.1) is 22.9 Å². The molecule has 7 heteroatoms. The van der Waals surface area contributed by atoms with Gasteiger partial charge in [0.25, 0.3) is 5.91 Å². The first kappa shape index (κ1) is 17.5. The number of aliphatic hydroxyl groups excluding tert-OH is 1. The zero-order chi connectivity index (χ0) is 19.1. The van der Waals surface area contributed by atoms with Crippen LogP contribution in [-0.2, 0) is 6.42 Å². The Hall–Kier alpha value is -2.64. The van der Waals surface area contributed by atoms with Crippen molar-refractivity contribution in [3.05, 3.63) is 47.5 Å². The van der Waals surface area contributed by atoms with Gasteiger partial charge in [0.15, 0.2) is 5.13 Å². The van der Waals surface area contributed by atoms with Crippen LogP contribution in [0, 0.1) is 0 Å². The molecule has 144 valence electrons. The zero-order valence-corrected chi connectivity index (χ0v) is 16.2. The number of ether oxygens (including phenoxy) is 1. The lowest BCUT2D eigenvalue weighted by atomic mass is 10.1. The van der Waals surface area contributed by atoms with Gasteiger partial charge in [-0.3, -0.25) is 4.79 Å². The van der Waals surface area contributed by atoms with Gasteiger partial charge in [-0.05, 0) is 54.8 Å². The molecule has 1 saturated heterocycles. The summed E-state index contributed by atoms with van der Waals surface area (Å²) in [5.74, 6) is 0.736. The lowest BCUT2D eigenvalue weighted by Gasteiger charge is -2.29. The average molecular weight is 395 g/mol. The number of carbonyl (C=O) groups excluding carboxylic acids is 1. The molecule has 0 unspecified atom stereocenters. The molecule has 2 N–H and O–H groups in total. The molecule has 0 saturated carbocycles. The van der Waals surface area contributed by atoms with E-state index < -0.39 is 0 Å². The van der Waals surface area contributed by atoms with Crippen molar-refractivity contribution in [2.24, 2.45) is 0 Å². The van der Waals surface area contributed by atoms with Crippen LogP contribution in [0.1, 0.15) is 28.8 Å². The zero-order valence-electron chi connectivity index (χ0n) is 15.4. The first-order valence-corrected chi connectivity index (χ1v) is 10.4. The van der Waals surface area contributed by atoms with E-state index in [1.807, 2.05) is 30.3 Å². The lowest BCUT2D eigenvalue weighted by Crippen LogP contribution is -2.38. The van der Waals surface area contributed by atoms with Crippen LogP contribution in [-0.4, -0.2) is 41.8 Å². The van der Waals surface area contributed by atoms with Crippen LogP contribution in [0.25, 0.3) is 10.2 Å². The number of hydrogen-bond donors (Lipinski definition) is 2. The Morgan fingerprint density at radius 1 is 1.29 bits per heavy atom. The van der Waals surface area contributed by atoms with Crippen molar-refractivity contribution in [1.29, 1.82) is 0 Å². The lowest BCUT2D eigenvalue weighted by molar-refractivity contribution is 0.102. The maximum Gasteiger partial charge on any atom is 0.255 e. The molecule has 1 fully saturated rings. The van der Waals surface area contributed by atoms with Crippen LogP contribution in [0.3, 0.4) is 0 Å². The number of piperidine rings is 1. The van der Waals surface area contributed by atoms with E-state index in [0.717, 1.165) is 58.2 Å². The van der Waals surface area contributed by atoms with Crippen molar-refractivity contribution >= 4 is 38.3 Å². The van der Waals surface area contributed by atoms with Crippen LogP contribution in [0.4, 0.5) is 10.8 Å². The third-order valence-electron chi connectivity index (χ3n) is 5.25. The Morgan fingerprint density at radius 2 is 2.21 bits per heavy atom. The molecule has 0 radical (unpaired) electrons. The average Bonchev–Trinajstić information content (AvgIpc) is 3.33. The molecular formula is C21H21N3O3S. The number of thiazole rings is 1. The summed E-state index contributed by atoms with van der Waals surface area (Å²) in [6.45, 7) is 2.23. The third-order valence-corrected chi connectivity index (χ3v) is 6.35. The first-order chi connectivity index (χ1) is 13.7. The van der Waals surface area contributed by atoms with Crippen molar-refractivity contribution in [3.63, 3.8) is 0 Å². The molecule has 2 aliphatic heterocycles. The van der Waals surface area contributed by atoms with Crippen molar-refractivity contribution in [1.82, 2.24) is 4.98 Å². The number of aliphatic hydroxyl groups is 1. The topological polar surface area (TPSA) is 74.7 Å². The molecule has 3 heterocycles. The predicted molar refractivity (Wildman–Crippen MR) is 111 cm³/mol. The normalized spacial score (nSPS) is 18.8. The molecule has 0 aliphatic carbocycles. The number of β-amino-alcohol motifs (C(OH)–C–C–N with tert-alkyl or cyclic N) is 1. The summed E-state index contributed by atoms with van der Waals surface area (Å²) in [4.78, 5) is 19.5. The number of rotatable bonds is 3. The van der Waals surface area contributed by atoms with Gasteiger partial charge in [-0.15, -0.1) is 0 Å². The minimum absolute atomic E-state index is 0.136. The van der Waals surface area contributed by atoms with Crippen molar-refractivity contribution in [2.75, 3.05) is 29.9 Å². The highest BCUT2D eigenvalue weighted by Crippen LogP contribution is 2.32. The second-order valence-electron chi connectivity index (χ2n) is 7.30. The molecule has 3 aromatic rings. The van der Waals surface area contributed by atoms with E-state index in [0.29, 0.717) is 18.7 Å². The number of nitrogens with one attached hydrogen (secondary N) is 1. The Balaban J connectivity index is 1.35. The number of hydrogen-bond acceptors (Lipinski definition) is 6. The number of aromatic nitrogens is 1. The maximum atomic E-state index is 12.6. The van der Waals surface area contributed by atoms with E-state index in [1.54, 1.807) is 17.4 Å². The molecule has 1 aromatic heterocycles. The molecule has 1 atom stereocenters. The Labute approximate surface area is 166 Å². The summed E-state index contributed by atoms with van der Waals surface area (Å²) < 4.78 is 6.57. The highest BCUT2D eigenvalue weighted by molar-refractivity contribution is 7.22. The summed E-state index contributed by atoms with van der Waals surface area (Å²) in [7, 11) is 0. The fourth-order valence-corrected chi connectivity index (χ4v) is 4.77. The smallest absolute Gasteiger partial charge is 0.255 e. The summed E-state index contributed by atoms with van der Waals surface area (Å²) >= 11 is 1.62. The summed E-state index contributed by atoms with van der Waals surface area (Å²) in [6, 6.07) is 11.4. The molecule has 0 spiro atoms. The minimum Gasteiger partial charge on any atom is -0.493 e. The number of carbonyl (C=O) groups is 1. The summed E-state index contributed by atoms with van der Waals surface area (Å²) in [5.41, 5.74) is 3.30. The highest BCUT2D eigenvalue weighted by Gasteiger charge is 2.21. The Bertz CT molecular complexity index is 1050. The fraction of sp³-hybridized carbons (Fsp3) is 0.333. The largest absolute Gasteiger partial charge is 0.493 e. The summed E-state index contributed by atoms with van der Waals surface area (Å²) in [6.07, 6.45) is 2.39. The molecule has 0 bridgehead atoms. The SMILES string of the molecule is O=C(Nc1ccc2sc(N3CCC[C@H](O)C3)nc2c1)c1ccc2c(c1)CCO2. The fourth-order valence-electron chi connectivity index (χ4n) is 3.79. The number of fused-ring (bicyclic) bond motifs is 2. The predicted octanol–water partition coefficient (Wildman–Crippen LogP) is 3.44. The van der Waals surface area contributed by atoms with E-state index in [4.69, 9.17) is 9.72 Å². The Morgan fingerprint density at radius 3 is 3.11 bits per heavy atom. The molecule has 2 aliphatic rings. The summed E-state index contributed by atoms with van der Waals surface area (Å²) in [5, 5.41) is 13.8. The standard InChI is InChI=1S/C21H21N3O3S/c25-16-2-1-8-24(12-16)21-23-17-11-15(4-6-19(17)28-21)22-20(26)14-3-5-18-13(10-14)7-9-27-18/h3-6,10-11,16,25H,1-2,7-9,12H2,(H,22,26)/t16-/m0/s1. The molecule has 2 aromatic carbocycles. The van der Waals surface area contributed by atoms with Crippen molar-refractivity contribution < 1.29 is 14.6 Å². The van der Waals surface area contributed by atoms with Gasteiger partial charge in [0, 0.05) is 30.8 Å². The molecule has 28 heavy (non-hydrogen) atoms.